The van der Waals surface area contributed by atoms with Gasteiger partial charge in [0.15, 0.2) is 0 Å². The third-order valence-electron chi connectivity index (χ3n) is 3.47. The summed E-state index contributed by atoms with van der Waals surface area (Å²) in [5, 5.41) is 3.53. The minimum atomic E-state index is 0.230. The van der Waals surface area contributed by atoms with E-state index in [0.29, 0.717) is 6.04 Å². The van der Waals surface area contributed by atoms with Gasteiger partial charge in [0.05, 0.1) is 12.7 Å². The smallest absolute Gasteiger partial charge is 0.0950 e. The van der Waals surface area contributed by atoms with Crippen LogP contribution in [0.5, 0.6) is 0 Å². The molecule has 2 rings (SSSR count). The fourth-order valence-electron chi connectivity index (χ4n) is 2.29. The summed E-state index contributed by atoms with van der Waals surface area (Å²) >= 11 is 0. The van der Waals surface area contributed by atoms with Crippen LogP contribution in [0.25, 0.3) is 0 Å². The number of hydrogen-bond donors (Lipinski definition) is 1. The molecule has 1 fully saturated rings. The van der Waals surface area contributed by atoms with Crippen molar-refractivity contribution in [3.8, 4) is 0 Å². The molecule has 1 aliphatic rings. The van der Waals surface area contributed by atoms with Gasteiger partial charge in [-0.25, -0.2) is 0 Å². The molecule has 0 radical (unpaired) electrons. The molecule has 1 saturated heterocycles. The van der Waals surface area contributed by atoms with Gasteiger partial charge in [-0.05, 0) is 24.0 Å². The van der Waals surface area contributed by atoms with Crippen molar-refractivity contribution >= 4 is 0 Å². The maximum atomic E-state index is 5.90. The van der Waals surface area contributed by atoms with Crippen molar-refractivity contribution in [2.24, 2.45) is 0 Å². The standard InChI is InChI=1S/C15H23NO/c1-3-5-12-6-8-13(9-7-12)15-10-16-14(4-2)11-17-15/h6-9,14-16H,3-5,10-11H2,1-2H3. The predicted molar refractivity (Wildman–Crippen MR) is 71.2 cm³/mol. The quantitative estimate of drug-likeness (QED) is 0.863. The first-order chi connectivity index (χ1) is 8.33. The predicted octanol–water partition coefficient (Wildman–Crippen LogP) is 3.08. The van der Waals surface area contributed by atoms with E-state index >= 15 is 0 Å². The number of benzene rings is 1. The number of rotatable bonds is 4. The van der Waals surface area contributed by atoms with E-state index in [2.05, 4.69) is 43.4 Å². The molecular formula is C15H23NO. The highest BCUT2D eigenvalue weighted by Gasteiger charge is 2.20. The molecule has 0 aliphatic carbocycles. The van der Waals surface area contributed by atoms with Gasteiger partial charge in [0.2, 0.25) is 0 Å². The monoisotopic (exact) mass is 233 g/mol. The molecule has 1 N–H and O–H groups in total. The Hall–Kier alpha value is -0.860. The lowest BCUT2D eigenvalue weighted by molar-refractivity contribution is 0.00222. The Morgan fingerprint density at radius 3 is 2.53 bits per heavy atom. The van der Waals surface area contributed by atoms with Crippen molar-refractivity contribution in [1.82, 2.24) is 5.32 Å². The number of ether oxygens (including phenoxy) is 1. The van der Waals surface area contributed by atoms with Crippen molar-refractivity contribution in [1.29, 1.82) is 0 Å². The number of hydrogen-bond acceptors (Lipinski definition) is 2. The zero-order chi connectivity index (χ0) is 12.1. The molecule has 0 amide bonds. The van der Waals surface area contributed by atoms with Gasteiger partial charge < -0.3 is 10.1 Å². The molecule has 2 atom stereocenters. The van der Waals surface area contributed by atoms with Gasteiger partial charge in [-0.3, -0.25) is 0 Å². The summed E-state index contributed by atoms with van der Waals surface area (Å²) in [5.74, 6) is 0. The molecule has 2 heteroatoms. The fraction of sp³-hybridized carbons (Fsp3) is 0.600. The van der Waals surface area contributed by atoms with Crippen LogP contribution < -0.4 is 5.32 Å². The van der Waals surface area contributed by atoms with Gasteiger partial charge in [0.1, 0.15) is 0 Å². The van der Waals surface area contributed by atoms with Crippen LogP contribution in [0.3, 0.4) is 0 Å². The van der Waals surface area contributed by atoms with Crippen LogP contribution in [0.15, 0.2) is 24.3 Å². The summed E-state index contributed by atoms with van der Waals surface area (Å²) in [7, 11) is 0. The lowest BCUT2D eigenvalue weighted by Gasteiger charge is -2.30. The second kappa shape index (κ2) is 6.18. The maximum Gasteiger partial charge on any atom is 0.0950 e. The Morgan fingerprint density at radius 2 is 2.00 bits per heavy atom. The molecule has 94 valence electrons. The summed E-state index contributed by atoms with van der Waals surface area (Å²) < 4.78 is 5.90. The maximum absolute atomic E-state index is 5.90. The fourth-order valence-corrected chi connectivity index (χ4v) is 2.29. The highest BCUT2D eigenvalue weighted by atomic mass is 16.5. The van der Waals surface area contributed by atoms with Crippen LogP contribution in [0.4, 0.5) is 0 Å². The van der Waals surface area contributed by atoms with E-state index in [1.54, 1.807) is 0 Å². The molecule has 2 unspecified atom stereocenters. The highest BCUT2D eigenvalue weighted by Crippen LogP contribution is 2.21. The molecule has 1 heterocycles. The zero-order valence-electron chi connectivity index (χ0n) is 10.9. The van der Waals surface area contributed by atoms with E-state index in [1.165, 1.54) is 24.0 Å². The van der Waals surface area contributed by atoms with Crippen LogP contribution in [-0.4, -0.2) is 19.2 Å². The average Bonchev–Trinajstić information content (AvgIpc) is 2.40. The van der Waals surface area contributed by atoms with Gasteiger partial charge in [0, 0.05) is 12.6 Å². The third-order valence-corrected chi connectivity index (χ3v) is 3.47. The highest BCUT2D eigenvalue weighted by molar-refractivity contribution is 5.25. The molecule has 0 saturated carbocycles. The summed E-state index contributed by atoms with van der Waals surface area (Å²) in [4.78, 5) is 0. The van der Waals surface area contributed by atoms with Crippen molar-refractivity contribution in [2.75, 3.05) is 13.2 Å². The van der Waals surface area contributed by atoms with E-state index in [-0.39, 0.29) is 6.10 Å². The Labute approximate surface area is 104 Å². The second-order valence-corrected chi connectivity index (χ2v) is 4.83. The lowest BCUT2D eigenvalue weighted by Crippen LogP contribution is -2.42. The minimum absolute atomic E-state index is 0.230. The average molecular weight is 233 g/mol. The number of aryl methyl sites for hydroxylation is 1. The Morgan fingerprint density at radius 1 is 1.24 bits per heavy atom. The lowest BCUT2D eigenvalue weighted by atomic mass is 10.0. The van der Waals surface area contributed by atoms with Gasteiger partial charge in [-0.1, -0.05) is 44.5 Å². The molecule has 1 aliphatic heterocycles. The zero-order valence-corrected chi connectivity index (χ0v) is 10.9. The Bertz CT molecular complexity index is 325. The third kappa shape index (κ3) is 3.30. The number of nitrogens with one attached hydrogen (secondary N) is 1. The first-order valence-corrected chi connectivity index (χ1v) is 6.77. The summed E-state index contributed by atoms with van der Waals surface area (Å²) in [6.07, 6.45) is 3.75. The molecule has 1 aromatic carbocycles. The van der Waals surface area contributed by atoms with Crippen LogP contribution in [-0.2, 0) is 11.2 Å². The summed E-state index contributed by atoms with van der Waals surface area (Å²) in [6, 6.07) is 9.42. The van der Waals surface area contributed by atoms with E-state index < -0.39 is 0 Å². The first kappa shape index (κ1) is 12.6. The molecule has 17 heavy (non-hydrogen) atoms. The first-order valence-electron chi connectivity index (χ1n) is 6.77. The topological polar surface area (TPSA) is 21.3 Å². The second-order valence-electron chi connectivity index (χ2n) is 4.83. The van der Waals surface area contributed by atoms with Crippen LogP contribution >= 0.6 is 0 Å². The summed E-state index contributed by atoms with van der Waals surface area (Å²) in [6.45, 7) is 6.18. The van der Waals surface area contributed by atoms with Crippen LogP contribution in [0.1, 0.15) is 43.9 Å². The van der Waals surface area contributed by atoms with Crippen molar-refractivity contribution < 1.29 is 4.74 Å². The molecule has 0 spiro atoms. The number of morpholine rings is 1. The SMILES string of the molecule is CCCc1ccc(C2CNC(CC)CO2)cc1. The van der Waals surface area contributed by atoms with Gasteiger partial charge in [-0.15, -0.1) is 0 Å². The van der Waals surface area contributed by atoms with E-state index in [4.69, 9.17) is 4.74 Å². The largest absolute Gasteiger partial charge is 0.371 e. The molecule has 1 aromatic rings. The molecule has 2 nitrogen and oxygen atoms in total. The van der Waals surface area contributed by atoms with Crippen molar-refractivity contribution in [3.63, 3.8) is 0 Å². The normalized spacial score (nSPS) is 24.8. The molecule has 0 bridgehead atoms. The van der Waals surface area contributed by atoms with Crippen LogP contribution in [0, 0.1) is 0 Å². The van der Waals surface area contributed by atoms with Crippen molar-refractivity contribution in [3.05, 3.63) is 35.4 Å². The van der Waals surface area contributed by atoms with Gasteiger partial charge >= 0.3 is 0 Å². The Kier molecular flexibility index (Phi) is 4.57. The molecule has 0 aromatic heterocycles. The van der Waals surface area contributed by atoms with E-state index in [1.807, 2.05) is 0 Å². The van der Waals surface area contributed by atoms with E-state index in [9.17, 15) is 0 Å². The van der Waals surface area contributed by atoms with E-state index in [0.717, 1.165) is 19.6 Å². The minimum Gasteiger partial charge on any atom is -0.371 e. The van der Waals surface area contributed by atoms with Crippen molar-refractivity contribution in [2.45, 2.75) is 45.3 Å². The Balaban J connectivity index is 1.94. The summed E-state index contributed by atoms with van der Waals surface area (Å²) in [5.41, 5.74) is 2.72. The van der Waals surface area contributed by atoms with Gasteiger partial charge in [-0.2, -0.15) is 0 Å². The molecular weight excluding hydrogens is 210 g/mol. The van der Waals surface area contributed by atoms with Crippen LogP contribution in [0.2, 0.25) is 0 Å². The van der Waals surface area contributed by atoms with Gasteiger partial charge in [0.25, 0.3) is 0 Å².